The van der Waals surface area contributed by atoms with E-state index in [-0.39, 0.29) is 29.5 Å². The van der Waals surface area contributed by atoms with Gasteiger partial charge in [-0.1, -0.05) is 13.8 Å². The van der Waals surface area contributed by atoms with Gasteiger partial charge in [-0.15, -0.1) is 0 Å². The predicted octanol–water partition coefficient (Wildman–Crippen LogP) is 3.41. The van der Waals surface area contributed by atoms with Crippen LogP contribution in [-0.2, 0) is 4.79 Å². The first-order valence-electron chi connectivity index (χ1n) is 10.7. The fourth-order valence-corrected chi connectivity index (χ4v) is 4.57. The molecule has 0 bridgehead atoms. The molecule has 9 heteroatoms. The number of hydrogen-bond acceptors (Lipinski definition) is 5. The van der Waals surface area contributed by atoms with Crippen LogP contribution in [0.3, 0.4) is 0 Å². The molecule has 4 rings (SSSR count). The Bertz CT molecular complexity index is 1050. The number of fused-ring (bicyclic) bond motifs is 1. The average molecular weight is 443 g/mol. The van der Waals surface area contributed by atoms with Crippen molar-refractivity contribution in [1.29, 1.82) is 0 Å². The second kappa shape index (κ2) is 8.37. The maximum Gasteiger partial charge on any atom is 0.254 e. The molecule has 32 heavy (non-hydrogen) atoms. The van der Waals surface area contributed by atoms with Crippen molar-refractivity contribution < 1.29 is 18.4 Å². The normalized spacial score (nSPS) is 20.4. The Morgan fingerprint density at radius 3 is 2.56 bits per heavy atom. The van der Waals surface area contributed by atoms with E-state index in [4.69, 9.17) is 0 Å². The van der Waals surface area contributed by atoms with Gasteiger partial charge in [0.25, 0.3) is 5.91 Å². The summed E-state index contributed by atoms with van der Waals surface area (Å²) in [4.78, 5) is 33.3. The molecule has 170 valence electrons. The van der Waals surface area contributed by atoms with Gasteiger partial charge in [-0.2, -0.15) is 0 Å². The number of carbonyl (C=O) groups is 2. The minimum Gasteiger partial charge on any atom is -0.365 e. The van der Waals surface area contributed by atoms with Crippen molar-refractivity contribution in [1.82, 2.24) is 9.88 Å². The monoisotopic (exact) mass is 443 g/mol. The molecule has 1 fully saturated rings. The lowest BCUT2D eigenvalue weighted by molar-refractivity contribution is -0.118. The van der Waals surface area contributed by atoms with Crippen LogP contribution in [0.5, 0.6) is 0 Å². The molecule has 2 N–H and O–H groups in total. The van der Waals surface area contributed by atoms with Crippen LogP contribution in [-0.4, -0.2) is 53.9 Å². The highest BCUT2D eigenvalue weighted by molar-refractivity contribution is 6.04. The van der Waals surface area contributed by atoms with E-state index in [0.717, 1.165) is 23.9 Å². The number of anilines is 3. The van der Waals surface area contributed by atoms with Crippen LogP contribution < -0.4 is 15.5 Å². The van der Waals surface area contributed by atoms with Gasteiger partial charge in [-0.25, -0.2) is 13.8 Å². The summed E-state index contributed by atoms with van der Waals surface area (Å²) in [7, 11) is 1.90. The van der Waals surface area contributed by atoms with Gasteiger partial charge in [0.05, 0.1) is 17.1 Å². The third kappa shape index (κ3) is 4.11. The van der Waals surface area contributed by atoms with Gasteiger partial charge in [-0.05, 0) is 31.4 Å². The first-order chi connectivity index (χ1) is 15.1. The topological polar surface area (TPSA) is 77.6 Å². The molecule has 2 aromatic rings. The molecule has 1 saturated heterocycles. The molecule has 1 aromatic heterocycles. The van der Waals surface area contributed by atoms with E-state index in [2.05, 4.69) is 15.6 Å². The third-order valence-corrected chi connectivity index (χ3v) is 6.06. The molecular formula is C23H27F2N5O2. The van der Waals surface area contributed by atoms with E-state index in [1.165, 1.54) is 0 Å². The van der Waals surface area contributed by atoms with E-state index in [0.29, 0.717) is 36.7 Å². The molecule has 0 saturated carbocycles. The molecule has 7 nitrogen and oxygen atoms in total. The number of nitrogens with zero attached hydrogens (tertiary/aromatic N) is 3. The lowest BCUT2D eigenvalue weighted by Crippen LogP contribution is -2.49. The van der Waals surface area contributed by atoms with Crippen molar-refractivity contribution in [2.24, 2.45) is 5.92 Å². The Kier molecular flexibility index (Phi) is 5.75. The maximum atomic E-state index is 13.5. The van der Waals surface area contributed by atoms with Crippen molar-refractivity contribution >= 4 is 29.0 Å². The summed E-state index contributed by atoms with van der Waals surface area (Å²) >= 11 is 0. The standard InChI is InChI=1S/C23H27F2N5O2/c1-12(2)21-22(31)28-20-13(3)26-19(10-18(20)29(21)4)27-17-5-6-30(11-17)23(32)14-7-15(24)9-16(25)8-14/h7-10,12,17,21H,5-6,11H2,1-4H3,(H,26,27)(H,28,31)/t17-,21?/m1/s1. The number of rotatable bonds is 4. The highest BCUT2D eigenvalue weighted by Crippen LogP contribution is 2.37. The lowest BCUT2D eigenvalue weighted by Gasteiger charge is -2.38. The van der Waals surface area contributed by atoms with Gasteiger partial charge in [-0.3, -0.25) is 9.59 Å². The first-order valence-corrected chi connectivity index (χ1v) is 10.7. The van der Waals surface area contributed by atoms with Crippen molar-refractivity contribution in [2.75, 3.05) is 35.7 Å². The van der Waals surface area contributed by atoms with Crippen LogP contribution in [0, 0.1) is 24.5 Å². The highest BCUT2D eigenvalue weighted by atomic mass is 19.1. The van der Waals surface area contributed by atoms with Crippen LogP contribution in [0.15, 0.2) is 24.3 Å². The third-order valence-electron chi connectivity index (χ3n) is 6.06. The van der Waals surface area contributed by atoms with Crippen molar-refractivity contribution in [3.8, 4) is 0 Å². The van der Waals surface area contributed by atoms with Crippen molar-refractivity contribution in [3.63, 3.8) is 0 Å². The zero-order valence-corrected chi connectivity index (χ0v) is 18.6. The zero-order valence-electron chi connectivity index (χ0n) is 18.6. The summed E-state index contributed by atoms with van der Waals surface area (Å²) in [5.41, 5.74) is 2.30. The fourth-order valence-electron chi connectivity index (χ4n) is 4.57. The summed E-state index contributed by atoms with van der Waals surface area (Å²) in [5, 5.41) is 6.35. The number of carbonyl (C=O) groups excluding carboxylic acids is 2. The molecule has 1 unspecified atom stereocenters. The number of aryl methyl sites for hydroxylation is 1. The molecule has 2 atom stereocenters. The summed E-state index contributed by atoms with van der Waals surface area (Å²) in [6.45, 7) is 6.73. The predicted molar refractivity (Wildman–Crippen MR) is 119 cm³/mol. The van der Waals surface area contributed by atoms with E-state index < -0.39 is 17.5 Å². The highest BCUT2D eigenvalue weighted by Gasteiger charge is 2.35. The number of likely N-dealkylation sites (N-methyl/N-ethyl adjacent to an activating group) is 1. The second-order valence-corrected chi connectivity index (χ2v) is 8.82. The molecule has 0 spiro atoms. The molecule has 2 aliphatic rings. The summed E-state index contributed by atoms with van der Waals surface area (Å²) < 4.78 is 27.0. The fraction of sp³-hybridized carbons (Fsp3) is 0.435. The van der Waals surface area contributed by atoms with Crippen molar-refractivity contribution in [2.45, 2.75) is 39.3 Å². The van der Waals surface area contributed by atoms with Gasteiger partial charge < -0.3 is 20.4 Å². The lowest BCUT2D eigenvalue weighted by atomic mass is 9.98. The SMILES string of the molecule is Cc1nc(N[C@@H]2CCN(C(=O)c3cc(F)cc(F)c3)C2)cc2c1NC(=O)C(C(C)C)N2C. The van der Waals surface area contributed by atoms with Crippen LogP contribution in [0.1, 0.15) is 36.3 Å². The number of halogens is 2. The Morgan fingerprint density at radius 1 is 1.22 bits per heavy atom. The molecular weight excluding hydrogens is 416 g/mol. The average Bonchev–Trinajstić information content (AvgIpc) is 3.16. The minimum atomic E-state index is -0.771. The number of aromatic nitrogens is 1. The zero-order chi connectivity index (χ0) is 23.2. The van der Waals surface area contributed by atoms with Crippen LogP contribution in [0.4, 0.5) is 26.0 Å². The number of likely N-dealkylation sites (tertiary alicyclic amines) is 1. The van der Waals surface area contributed by atoms with Crippen molar-refractivity contribution in [3.05, 3.63) is 47.2 Å². The van der Waals surface area contributed by atoms with E-state index >= 15 is 0 Å². The van der Waals surface area contributed by atoms with Crippen LogP contribution in [0.2, 0.25) is 0 Å². The summed E-state index contributed by atoms with van der Waals surface area (Å²) in [6.07, 6.45) is 0.683. The molecule has 0 radical (unpaired) electrons. The summed E-state index contributed by atoms with van der Waals surface area (Å²) in [5.74, 6) is -1.19. The van der Waals surface area contributed by atoms with Crippen LogP contribution >= 0.6 is 0 Å². The Morgan fingerprint density at radius 2 is 1.91 bits per heavy atom. The van der Waals surface area contributed by atoms with E-state index in [1.807, 2.05) is 38.8 Å². The molecule has 0 aliphatic carbocycles. The number of amides is 2. The number of nitrogens with one attached hydrogen (secondary N) is 2. The molecule has 3 heterocycles. The van der Waals surface area contributed by atoms with E-state index in [9.17, 15) is 18.4 Å². The van der Waals surface area contributed by atoms with Gasteiger partial charge in [0.2, 0.25) is 5.91 Å². The number of pyridine rings is 1. The number of hydrogen-bond donors (Lipinski definition) is 2. The molecule has 2 aliphatic heterocycles. The quantitative estimate of drug-likeness (QED) is 0.757. The smallest absolute Gasteiger partial charge is 0.254 e. The van der Waals surface area contributed by atoms with E-state index in [1.54, 1.807) is 4.90 Å². The van der Waals surface area contributed by atoms with Gasteiger partial charge in [0, 0.05) is 43.9 Å². The molecule has 1 aromatic carbocycles. The van der Waals surface area contributed by atoms with Crippen LogP contribution in [0.25, 0.3) is 0 Å². The Hall–Kier alpha value is -3.23. The first kappa shape index (κ1) is 22.0. The van der Waals surface area contributed by atoms with Gasteiger partial charge in [0.15, 0.2) is 0 Å². The largest absolute Gasteiger partial charge is 0.365 e. The maximum absolute atomic E-state index is 13.5. The van der Waals surface area contributed by atoms with Gasteiger partial charge in [0.1, 0.15) is 23.5 Å². The Balaban J connectivity index is 1.49. The second-order valence-electron chi connectivity index (χ2n) is 8.82. The minimum absolute atomic E-state index is 0.00277. The number of benzene rings is 1. The molecule has 2 amide bonds. The summed E-state index contributed by atoms with van der Waals surface area (Å²) in [6, 6.07) is 4.43. The van der Waals surface area contributed by atoms with Gasteiger partial charge >= 0.3 is 0 Å². The Labute approximate surface area is 185 Å².